The zero-order valence-corrected chi connectivity index (χ0v) is 13.6. The Balaban J connectivity index is 1.90. The van der Waals surface area contributed by atoms with Gasteiger partial charge in [0, 0.05) is 19.0 Å². The Morgan fingerprint density at radius 2 is 2.18 bits per heavy atom. The number of aryl methyl sites for hydroxylation is 1. The summed E-state index contributed by atoms with van der Waals surface area (Å²) in [6.07, 6.45) is 2.20. The summed E-state index contributed by atoms with van der Waals surface area (Å²) in [5.41, 5.74) is 0.992. The third kappa shape index (κ3) is 4.37. The van der Waals surface area contributed by atoms with E-state index in [1.54, 1.807) is 14.2 Å². The summed E-state index contributed by atoms with van der Waals surface area (Å²) in [6.45, 7) is 4.08. The normalized spacial score (nSPS) is 21.2. The van der Waals surface area contributed by atoms with E-state index < -0.39 is 0 Å². The number of methoxy groups -OCH3 is 2. The lowest BCUT2D eigenvalue weighted by Gasteiger charge is -2.30. The summed E-state index contributed by atoms with van der Waals surface area (Å²) in [4.78, 5) is 12.2. The van der Waals surface area contributed by atoms with E-state index in [0.717, 1.165) is 36.6 Å². The molecule has 2 atom stereocenters. The van der Waals surface area contributed by atoms with Gasteiger partial charge in [0.25, 0.3) is 0 Å². The van der Waals surface area contributed by atoms with Crippen molar-refractivity contribution < 1.29 is 14.3 Å². The molecular formula is C17H26N2O3. The third-order valence-electron chi connectivity index (χ3n) is 4.28. The Bertz CT molecular complexity index is 505. The zero-order chi connectivity index (χ0) is 15.9. The lowest BCUT2D eigenvalue weighted by Crippen LogP contribution is -2.50. The molecule has 0 aromatic heterocycles. The van der Waals surface area contributed by atoms with Crippen molar-refractivity contribution in [3.05, 3.63) is 23.8 Å². The largest absolute Gasteiger partial charge is 0.497 e. The van der Waals surface area contributed by atoms with Crippen LogP contribution in [-0.4, -0.2) is 39.3 Å². The van der Waals surface area contributed by atoms with Gasteiger partial charge in [-0.05, 0) is 49.1 Å². The van der Waals surface area contributed by atoms with Crippen LogP contribution in [0.2, 0.25) is 0 Å². The first-order chi connectivity index (χ1) is 10.6. The number of hydrogen-bond acceptors (Lipinski definition) is 4. The number of carbonyl (C=O) groups excluding carboxylic acids is 1. The molecule has 1 heterocycles. The average molecular weight is 306 g/mol. The third-order valence-corrected chi connectivity index (χ3v) is 4.28. The minimum Gasteiger partial charge on any atom is -0.497 e. The second-order valence-corrected chi connectivity index (χ2v) is 5.82. The van der Waals surface area contributed by atoms with Crippen molar-refractivity contribution in [3.8, 4) is 11.5 Å². The summed E-state index contributed by atoms with van der Waals surface area (Å²) in [5, 5.41) is 6.46. The topological polar surface area (TPSA) is 59.6 Å². The molecule has 0 spiro atoms. The van der Waals surface area contributed by atoms with Gasteiger partial charge < -0.3 is 20.1 Å². The minimum atomic E-state index is 0.0884. The Kier molecular flexibility index (Phi) is 6.07. The molecule has 0 bridgehead atoms. The molecule has 1 fully saturated rings. The number of benzene rings is 1. The van der Waals surface area contributed by atoms with Gasteiger partial charge in [0.1, 0.15) is 11.5 Å². The van der Waals surface area contributed by atoms with Crippen molar-refractivity contribution in [1.82, 2.24) is 10.6 Å². The van der Waals surface area contributed by atoms with Crippen LogP contribution in [0.4, 0.5) is 0 Å². The van der Waals surface area contributed by atoms with Crippen LogP contribution in [0, 0.1) is 5.92 Å². The Hall–Kier alpha value is -1.75. The highest BCUT2D eigenvalue weighted by Gasteiger charge is 2.22. The molecular weight excluding hydrogens is 280 g/mol. The first-order valence-electron chi connectivity index (χ1n) is 7.85. The number of rotatable bonds is 6. The van der Waals surface area contributed by atoms with Gasteiger partial charge in [-0.2, -0.15) is 0 Å². The van der Waals surface area contributed by atoms with E-state index in [1.807, 2.05) is 18.2 Å². The highest BCUT2D eigenvalue weighted by atomic mass is 16.5. The van der Waals surface area contributed by atoms with Crippen molar-refractivity contribution in [1.29, 1.82) is 0 Å². The van der Waals surface area contributed by atoms with E-state index >= 15 is 0 Å². The number of carbonyl (C=O) groups is 1. The molecule has 0 radical (unpaired) electrons. The van der Waals surface area contributed by atoms with Gasteiger partial charge in [-0.3, -0.25) is 4.79 Å². The molecule has 1 aliphatic rings. The fraction of sp³-hybridized carbons (Fsp3) is 0.588. The van der Waals surface area contributed by atoms with Crippen LogP contribution in [0.5, 0.6) is 11.5 Å². The number of nitrogens with one attached hydrogen (secondary N) is 2. The monoisotopic (exact) mass is 306 g/mol. The predicted octanol–water partition coefficient (Wildman–Crippen LogP) is 1.75. The first kappa shape index (κ1) is 16.6. The molecule has 2 rings (SSSR count). The second-order valence-electron chi connectivity index (χ2n) is 5.82. The standard InChI is InChI=1S/C17H26N2O3/c1-12-8-9-18-11-15(12)19-17(20)7-4-13-10-14(21-2)5-6-16(13)22-3/h5-6,10,12,15,18H,4,7-9,11H2,1-3H3,(H,19,20). The molecule has 1 saturated heterocycles. The van der Waals surface area contributed by atoms with Crippen molar-refractivity contribution in [3.63, 3.8) is 0 Å². The van der Waals surface area contributed by atoms with E-state index in [2.05, 4.69) is 17.6 Å². The smallest absolute Gasteiger partial charge is 0.220 e. The maximum absolute atomic E-state index is 12.2. The van der Waals surface area contributed by atoms with Crippen LogP contribution in [-0.2, 0) is 11.2 Å². The van der Waals surface area contributed by atoms with Gasteiger partial charge in [-0.25, -0.2) is 0 Å². The van der Waals surface area contributed by atoms with Gasteiger partial charge in [0.05, 0.1) is 14.2 Å². The molecule has 5 nitrogen and oxygen atoms in total. The summed E-state index contributed by atoms with van der Waals surface area (Å²) in [5.74, 6) is 2.18. The van der Waals surface area contributed by atoms with Crippen molar-refractivity contribution in [2.24, 2.45) is 5.92 Å². The van der Waals surface area contributed by atoms with Gasteiger partial charge in [-0.15, -0.1) is 0 Å². The van der Waals surface area contributed by atoms with Crippen molar-refractivity contribution >= 4 is 5.91 Å². The molecule has 1 amide bonds. The number of ether oxygens (including phenoxy) is 2. The maximum atomic E-state index is 12.2. The predicted molar refractivity (Wildman–Crippen MR) is 86.4 cm³/mol. The Morgan fingerprint density at radius 3 is 2.86 bits per heavy atom. The molecule has 2 N–H and O–H groups in total. The van der Waals surface area contributed by atoms with Gasteiger partial charge in [0.15, 0.2) is 0 Å². The van der Waals surface area contributed by atoms with Crippen LogP contribution >= 0.6 is 0 Å². The van der Waals surface area contributed by atoms with E-state index in [-0.39, 0.29) is 11.9 Å². The quantitative estimate of drug-likeness (QED) is 0.840. The lowest BCUT2D eigenvalue weighted by atomic mass is 9.94. The zero-order valence-electron chi connectivity index (χ0n) is 13.6. The molecule has 1 aliphatic heterocycles. The Morgan fingerprint density at radius 1 is 1.36 bits per heavy atom. The van der Waals surface area contributed by atoms with Gasteiger partial charge in [-0.1, -0.05) is 6.92 Å². The summed E-state index contributed by atoms with van der Waals surface area (Å²) >= 11 is 0. The molecule has 1 aromatic carbocycles. The number of hydrogen-bond donors (Lipinski definition) is 2. The molecule has 0 aliphatic carbocycles. The minimum absolute atomic E-state index is 0.0884. The SMILES string of the molecule is COc1ccc(OC)c(CCC(=O)NC2CNCCC2C)c1. The van der Waals surface area contributed by atoms with Crippen LogP contribution in [0.1, 0.15) is 25.3 Å². The van der Waals surface area contributed by atoms with Crippen molar-refractivity contribution in [2.45, 2.75) is 32.2 Å². The van der Waals surface area contributed by atoms with E-state index in [1.165, 1.54) is 0 Å². The van der Waals surface area contributed by atoms with Gasteiger partial charge in [0.2, 0.25) is 5.91 Å². The lowest BCUT2D eigenvalue weighted by molar-refractivity contribution is -0.122. The highest BCUT2D eigenvalue weighted by molar-refractivity contribution is 5.76. The first-order valence-corrected chi connectivity index (χ1v) is 7.85. The highest BCUT2D eigenvalue weighted by Crippen LogP contribution is 2.25. The Labute approximate surface area is 132 Å². The van der Waals surface area contributed by atoms with Crippen molar-refractivity contribution in [2.75, 3.05) is 27.3 Å². The molecule has 5 heteroatoms. The number of amides is 1. The fourth-order valence-corrected chi connectivity index (χ4v) is 2.79. The molecule has 0 saturated carbocycles. The summed E-state index contributed by atoms with van der Waals surface area (Å²) in [6, 6.07) is 5.89. The summed E-state index contributed by atoms with van der Waals surface area (Å²) < 4.78 is 10.6. The van der Waals surface area contributed by atoms with Crippen LogP contribution in [0.25, 0.3) is 0 Å². The molecule has 22 heavy (non-hydrogen) atoms. The van der Waals surface area contributed by atoms with Crippen LogP contribution < -0.4 is 20.1 Å². The van der Waals surface area contributed by atoms with Crippen LogP contribution in [0.3, 0.4) is 0 Å². The van der Waals surface area contributed by atoms with E-state index in [4.69, 9.17) is 9.47 Å². The average Bonchev–Trinajstić information content (AvgIpc) is 2.54. The van der Waals surface area contributed by atoms with Gasteiger partial charge >= 0.3 is 0 Å². The molecule has 1 aromatic rings. The van der Waals surface area contributed by atoms with E-state index in [9.17, 15) is 4.79 Å². The molecule has 122 valence electrons. The number of piperidine rings is 1. The fourth-order valence-electron chi connectivity index (χ4n) is 2.79. The van der Waals surface area contributed by atoms with Crippen LogP contribution in [0.15, 0.2) is 18.2 Å². The second kappa shape index (κ2) is 8.03. The van der Waals surface area contributed by atoms with E-state index in [0.29, 0.717) is 18.8 Å². The maximum Gasteiger partial charge on any atom is 0.220 e. The summed E-state index contributed by atoms with van der Waals surface area (Å²) in [7, 11) is 3.27. The molecule has 2 unspecified atom stereocenters.